The van der Waals surface area contributed by atoms with Gasteiger partial charge in [-0.3, -0.25) is 4.79 Å². The normalized spacial score (nSPS) is 12.5. The van der Waals surface area contributed by atoms with Gasteiger partial charge in [0.1, 0.15) is 0 Å². The molecule has 0 saturated heterocycles. The van der Waals surface area contributed by atoms with Crippen molar-refractivity contribution in [3.63, 3.8) is 0 Å². The Balaban J connectivity index is 2.62. The first-order chi connectivity index (χ1) is 7.00. The Hall–Kier alpha value is -1.02. The number of aliphatic carboxylic acids is 1. The van der Waals surface area contributed by atoms with Gasteiger partial charge in [-0.25, -0.2) is 0 Å². The van der Waals surface area contributed by atoms with Crippen LogP contribution in [0.25, 0.3) is 0 Å². The van der Waals surface area contributed by atoms with E-state index >= 15 is 0 Å². The molecule has 0 heterocycles. The number of rotatable bonds is 4. The minimum Gasteiger partial charge on any atom is -0.481 e. The molecule has 3 heteroatoms. The van der Waals surface area contributed by atoms with Crippen molar-refractivity contribution in [2.75, 3.05) is 0 Å². The molecule has 15 heavy (non-hydrogen) atoms. The van der Waals surface area contributed by atoms with Crippen LogP contribution in [0.5, 0.6) is 0 Å². The number of hydrogen-bond donors (Lipinski definition) is 1. The van der Waals surface area contributed by atoms with Crippen molar-refractivity contribution in [2.24, 2.45) is 5.92 Å². The van der Waals surface area contributed by atoms with Gasteiger partial charge in [-0.1, -0.05) is 30.7 Å². The van der Waals surface area contributed by atoms with Gasteiger partial charge < -0.3 is 5.11 Å². The molecule has 0 radical (unpaired) electrons. The van der Waals surface area contributed by atoms with Crippen LogP contribution in [-0.4, -0.2) is 11.1 Å². The van der Waals surface area contributed by atoms with E-state index in [-0.39, 0.29) is 5.92 Å². The fourth-order valence-corrected chi connectivity index (χ4v) is 1.68. The van der Waals surface area contributed by atoms with E-state index in [1.807, 2.05) is 25.1 Å². The Morgan fingerprint density at radius 3 is 2.73 bits per heavy atom. The molecule has 2 nitrogen and oxygen atoms in total. The van der Waals surface area contributed by atoms with Gasteiger partial charge in [-0.05, 0) is 37.0 Å². The number of halogens is 1. The van der Waals surface area contributed by atoms with E-state index in [9.17, 15) is 4.79 Å². The lowest BCUT2D eigenvalue weighted by Crippen LogP contribution is -2.10. The van der Waals surface area contributed by atoms with Crippen LogP contribution in [0.15, 0.2) is 18.2 Å². The van der Waals surface area contributed by atoms with Crippen molar-refractivity contribution < 1.29 is 9.90 Å². The highest BCUT2D eigenvalue weighted by Crippen LogP contribution is 2.20. The third-order valence-corrected chi connectivity index (χ3v) is 2.83. The van der Waals surface area contributed by atoms with Crippen molar-refractivity contribution in [1.82, 2.24) is 0 Å². The van der Waals surface area contributed by atoms with Crippen molar-refractivity contribution in [3.8, 4) is 0 Å². The van der Waals surface area contributed by atoms with Gasteiger partial charge in [-0.15, -0.1) is 0 Å². The van der Waals surface area contributed by atoms with Gasteiger partial charge in [0.2, 0.25) is 0 Å². The summed E-state index contributed by atoms with van der Waals surface area (Å²) in [6.45, 7) is 3.69. The van der Waals surface area contributed by atoms with E-state index in [4.69, 9.17) is 16.7 Å². The summed E-state index contributed by atoms with van der Waals surface area (Å²) in [4.78, 5) is 10.6. The van der Waals surface area contributed by atoms with Crippen LogP contribution in [0.1, 0.15) is 24.5 Å². The largest absolute Gasteiger partial charge is 0.481 e. The summed E-state index contributed by atoms with van der Waals surface area (Å²) in [6.07, 6.45) is 1.34. The molecular weight excluding hydrogens is 212 g/mol. The molecule has 0 aliphatic carbocycles. The predicted octanol–water partition coefficient (Wildman–Crippen LogP) is 3.30. The van der Waals surface area contributed by atoms with Gasteiger partial charge in [0.25, 0.3) is 0 Å². The van der Waals surface area contributed by atoms with Crippen LogP contribution in [-0.2, 0) is 11.2 Å². The van der Waals surface area contributed by atoms with Crippen LogP contribution >= 0.6 is 11.6 Å². The van der Waals surface area contributed by atoms with Gasteiger partial charge in [-0.2, -0.15) is 0 Å². The van der Waals surface area contributed by atoms with Crippen molar-refractivity contribution in [2.45, 2.75) is 26.7 Å². The molecule has 1 atom stereocenters. The molecule has 1 rings (SSSR count). The number of aryl methyl sites for hydroxylation is 2. The van der Waals surface area contributed by atoms with Crippen LogP contribution in [0.4, 0.5) is 0 Å². The second kappa shape index (κ2) is 5.17. The van der Waals surface area contributed by atoms with Crippen molar-refractivity contribution in [1.29, 1.82) is 0 Å². The van der Waals surface area contributed by atoms with Gasteiger partial charge in [0, 0.05) is 5.02 Å². The average molecular weight is 227 g/mol. The van der Waals surface area contributed by atoms with E-state index in [1.54, 1.807) is 6.92 Å². The Morgan fingerprint density at radius 1 is 1.53 bits per heavy atom. The average Bonchev–Trinajstić information content (AvgIpc) is 2.15. The maximum atomic E-state index is 10.6. The zero-order valence-corrected chi connectivity index (χ0v) is 9.71. The smallest absolute Gasteiger partial charge is 0.306 e. The molecule has 82 valence electrons. The van der Waals surface area contributed by atoms with E-state index in [0.29, 0.717) is 12.8 Å². The predicted molar refractivity (Wildman–Crippen MR) is 61.3 cm³/mol. The zero-order valence-electron chi connectivity index (χ0n) is 8.96. The molecule has 0 aliphatic heterocycles. The Kier molecular flexibility index (Phi) is 4.15. The number of carboxylic acid groups (broad SMARTS) is 1. The minimum atomic E-state index is -0.752. The molecule has 1 N–H and O–H groups in total. The molecule has 0 fully saturated rings. The SMILES string of the molecule is Cc1ccc(CCC(C)C(=O)O)c(Cl)c1. The summed E-state index contributed by atoms with van der Waals surface area (Å²) in [5.74, 6) is -1.07. The quantitative estimate of drug-likeness (QED) is 0.856. The van der Waals surface area contributed by atoms with Gasteiger partial charge in [0.15, 0.2) is 0 Å². The molecule has 1 aromatic carbocycles. The number of carbonyl (C=O) groups is 1. The Labute approximate surface area is 94.9 Å². The minimum absolute atomic E-state index is 0.317. The number of hydrogen-bond acceptors (Lipinski definition) is 1. The third kappa shape index (κ3) is 3.56. The topological polar surface area (TPSA) is 37.3 Å². The van der Waals surface area contributed by atoms with Crippen LogP contribution in [0.3, 0.4) is 0 Å². The van der Waals surface area contributed by atoms with E-state index in [2.05, 4.69) is 0 Å². The third-order valence-electron chi connectivity index (χ3n) is 2.48. The lowest BCUT2D eigenvalue weighted by Gasteiger charge is -2.08. The highest BCUT2D eigenvalue weighted by molar-refractivity contribution is 6.31. The number of benzene rings is 1. The summed E-state index contributed by atoms with van der Waals surface area (Å²) in [5, 5.41) is 9.47. The molecule has 0 aromatic heterocycles. The Bertz CT molecular complexity index is 361. The molecule has 0 aliphatic rings. The Morgan fingerprint density at radius 2 is 2.20 bits per heavy atom. The number of carboxylic acids is 1. The summed E-state index contributed by atoms with van der Waals surface area (Å²) < 4.78 is 0. The first-order valence-corrected chi connectivity index (χ1v) is 5.36. The highest BCUT2D eigenvalue weighted by atomic mass is 35.5. The lowest BCUT2D eigenvalue weighted by molar-refractivity contribution is -0.141. The zero-order chi connectivity index (χ0) is 11.4. The summed E-state index contributed by atoms with van der Waals surface area (Å²) in [6, 6.07) is 5.86. The fraction of sp³-hybridized carbons (Fsp3) is 0.417. The van der Waals surface area contributed by atoms with E-state index < -0.39 is 5.97 Å². The molecule has 0 spiro atoms. The summed E-state index contributed by atoms with van der Waals surface area (Å²) >= 11 is 6.05. The summed E-state index contributed by atoms with van der Waals surface area (Å²) in [7, 11) is 0. The van der Waals surface area contributed by atoms with Crippen LogP contribution in [0.2, 0.25) is 5.02 Å². The first-order valence-electron chi connectivity index (χ1n) is 4.98. The van der Waals surface area contributed by atoms with E-state index in [0.717, 1.165) is 16.1 Å². The fourth-order valence-electron chi connectivity index (χ4n) is 1.35. The second-order valence-electron chi connectivity index (χ2n) is 3.87. The highest BCUT2D eigenvalue weighted by Gasteiger charge is 2.11. The summed E-state index contributed by atoms with van der Waals surface area (Å²) in [5.41, 5.74) is 2.14. The van der Waals surface area contributed by atoms with Crippen LogP contribution in [0, 0.1) is 12.8 Å². The molecule has 1 aromatic rings. The molecule has 1 unspecified atom stereocenters. The van der Waals surface area contributed by atoms with E-state index in [1.165, 1.54) is 0 Å². The van der Waals surface area contributed by atoms with Crippen molar-refractivity contribution >= 4 is 17.6 Å². The molecule has 0 bridgehead atoms. The van der Waals surface area contributed by atoms with Crippen molar-refractivity contribution in [3.05, 3.63) is 34.3 Å². The molecule has 0 saturated carbocycles. The first kappa shape index (κ1) is 12.1. The van der Waals surface area contributed by atoms with Crippen LogP contribution < -0.4 is 0 Å². The molecule has 0 amide bonds. The maximum absolute atomic E-state index is 10.6. The van der Waals surface area contributed by atoms with Gasteiger partial charge >= 0.3 is 5.97 Å². The lowest BCUT2D eigenvalue weighted by atomic mass is 10.0. The maximum Gasteiger partial charge on any atom is 0.306 e. The van der Waals surface area contributed by atoms with Gasteiger partial charge in [0.05, 0.1) is 5.92 Å². The molecular formula is C12H15ClO2. The monoisotopic (exact) mass is 226 g/mol. The second-order valence-corrected chi connectivity index (χ2v) is 4.28. The standard InChI is InChI=1S/C12H15ClO2/c1-8-3-5-10(11(13)7-8)6-4-9(2)12(14)15/h3,5,7,9H,4,6H2,1-2H3,(H,14,15).